The van der Waals surface area contributed by atoms with Crippen molar-refractivity contribution in [1.29, 1.82) is 5.26 Å². The Hall–Kier alpha value is -1.57. The molecule has 0 bridgehead atoms. The summed E-state index contributed by atoms with van der Waals surface area (Å²) < 4.78 is 1.80. The molecule has 4 heteroatoms. The Labute approximate surface area is 142 Å². The number of hydrogen-bond acceptors (Lipinski definition) is 2. The van der Waals surface area contributed by atoms with Crippen LogP contribution >= 0.6 is 31.9 Å². The number of benzene rings is 2. The average molecular weight is 406 g/mol. The summed E-state index contributed by atoms with van der Waals surface area (Å²) in [5, 5.41) is 9.46. The van der Waals surface area contributed by atoms with E-state index in [2.05, 4.69) is 37.9 Å². The standard InChI is InChI=1S/C17H14Br2N2/c1-21(2)14-8-6-12(7-9-14)10-13(11-20)17-15(18)4-3-5-16(17)19/h3-10H,1-2H3. The first-order chi connectivity index (χ1) is 10.0. The Morgan fingerprint density at radius 2 is 1.62 bits per heavy atom. The molecule has 0 fully saturated rings. The Balaban J connectivity index is 2.44. The molecule has 2 rings (SSSR count). The Morgan fingerprint density at radius 1 is 1.05 bits per heavy atom. The molecule has 0 aliphatic carbocycles. The molecule has 0 unspecified atom stereocenters. The molecule has 21 heavy (non-hydrogen) atoms. The summed E-state index contributed by atoms with van der Waals surface area (Å²) in [4.78, 5) is 2.04. The zero-order chi connectivity index (χ0) is 15.4. The summed E-state index contributed by atoms with van der Waals surface area (Å²) in [6.45, 7) is 0. The first-order valence-corrected chi connectivity index (χ1v) is 7.95. The van der Waals surface area contributed by atoms with E-state index in [-0.39, 0.29) is 0 Å². The molecule has 2 aromatic carbocycles. The van der Waals surface area contributed by atoms with Crippen molar-refractivity contribution < 1.29 is 0 Å². The van der Waals surface area contributed by atoms with Gasteiger partial charge in [0.25, 0.3) is 0 Å². The highest BCUT2D eigenvalue weighted by Crippen LogP contribution is 2.32. The van der Waals surface area contributed by atoms with E-state index >= 15 is 0 Å². The number of nitriles is 1. The number of nitrogens with zero attached hydrogens (tertiary/aromatic N) is 2. The SMILES string of the molecule is CN(C)c1ccc(C=C(C#N)c2c(Br)cccc2Br)cc1. The molecule has 0 amide bonds. The van der Waals surface area contributed by atoms with Gasteiger partial charge in [-0.25, -0.2) is 0 Å². The van der Waals surface area contributed by atoms with Crippen LogP contribution in [-0.2, 0) is 0 Å². The molecule has 0 N–H and O–H groups in total. The Bertz CT molecular complexity index is 690. The molecule has 0 radical (unpaired) electrons. The highest BCUT2D eigenvalue weighted by atomic mass is 79.9. The monoisotopic (exact) mass is 404 g/mol. The molecule has 0 atom stereocenters. The van der Waals surface area contributed by atoms with E-state index in [0.29, 0.717) is 5.57 Å². The van der Waals surface area contributed by atoms with Crippen LogP contribution in [0.15, 0.2) is 51.4 Å². The Kier molecular flexibility index (Phi) is 5.22. The van der Waals surface area contributed by atoms with Crippen molar-refractivity contribution in [2.75, 3.05) is 19.0 Å². The molecule has 0 aliphatic heterocycles. The summed E-state index contributed by atoms with van der Waals surface area (Å²) in [7, 11) is 4.01. The van der Waals surface area contributed by atoms with Crippen LogP contribution in [0, 0.1) is 11.3 Å². The molecule has 106 valence electrons. The first kappa shape index (κ1) is 15.8. The maximum atomic E-state index is 9.46. The van der Waals surface area contributed by atoms with Gasteiger partial charge in [-0.15, -0.1) is 0 Å². The Morgan fingerprint density at radius 3 is 2.10 bits per heavy atom. The maximum Gasteiger partial charge on any atom is 0.0999 e. The van der Waals surface area contributed by atoms with Crippen LogP contribution in [0.2, 0.25) is 0 Å². The molecule has 0 aromatic heterocycles. The maximum absolute atomic E-state index is 9.46. The lowest BCUT2D eigenvalue weighted by atomic mass is 10.0. The minimum absolute atomic E-state index is 0.618. The fourth-order valence-corrected chi connectivity index (χ4v) is 3.38. The van der Waals surface area contributed by atoms with Crippen molar-refractivity contribution in [3.8, 4) is 6.07 Å². The van der Waals surface area contributed by atoms with Crippen LogP contribution in [-0.4, -0.2) is 14.1 Å². The second-order valence-corrected chi connectivity index (χ2v) is 6.46. The lowest BCUT2D eigenvalue weighted by molar-refractivity contribution is 1.13. The van der Waals surface area contributed by atoms with Crippen LogP contribution in [0.1, 0.15) is 11.1 Å². The van der Waals surface area contributed by atoms with E-state index in [1.54, 1.807) is 0 Å². The molecule has 0 aliphatic rings. The van der Waals surface area contributed by atoms with Gasteiger partial charge in [-0.2, -0.15) is 5.26 Å². The topological polar surface area (TPSA) is 27.0 Å². The predicted molar refractivity (Wildman–Crippen MR) is 96.1 cm³/mol. The van der Waals surface area contributed by atoms with Gasteiger partial charge in [-0.05, 0) is 35.9 Å². The van der Waals surface area contributed by atoms with Gasteiger partial charge in [0.1, 0.15) is 0 Å². The van der Waals surface area contributed by atoms with Crippen molar-refractivity contribution in [3.05, 3.63) is 62.5 Å². The number of hydrogen-bond donors (Lipinski definition) is 0. The van der Waals surface area contributed by atoms with E-state index in [1.165, 1.54) is 0 Å². The number of halogens is 2. The zero-order valence-corrected chi connectivity index (χ0v) is 14.9. The molecule has 2 nitrogen and oxygen atoms in total. The normalized spacial score (nSPS) is 11.1. The van der Waals surface area contributed by atoms with E-state index in [0.717, 1.165) is 25.8 Å². The smallest absolute Gasteiger partial charge is 0.0999 e. The first-order valence-electron chi connectivity index (χ1n) is 6.36. The number of rotatable bonds is 3. The highest BCUT2D eigenvalue weighted by molar-refractivity contribution is 9.11. The van der Waals surface area contributed by atoms with Crippen LogP contribution in [0.3, 0.4) is 0 Å². The third-order valence-corrected chi connectivity index (χ3v) is 4.39. The van der Waals surface area contributed by atoms with Crippen LogP contribution in [0.25, 0.3) is 11.6 Å². The molecule has 0 saturated carbocycles. The van der Waals surface area contributed by atoms with E-state index in [9.17, 15) is 5.26 Å². The second kappa shape index (κ2) is 6.93. The van der Waals surface area contributed by atoms with Crippen molar-refractivity contribution in [3.63, 3.8) is 0 Å². The van der Waals surface area contributed by atoms with E-state index in [1.807, 2.05) is 67.5 Å². The molecular formula is C17H14Br2N2. The van der Waals surface area contributed by atoms with Crippen molar-refractivity contribution in [2.45, 2.75) is 0 Å². The third kappa shape index (κ3) is 3.75. The van der Waals surface area contributed by atoms with Crippen LogP contribution in [0.4, 0.5) is 5.69 Å². The molecule has 0 heterocycles. The van der Waals surface area contributed by atoms with Gasteiger partial charge in [-0.1, -0.05) is 50.1 Å². The van der Waals surface area contributed by atoms with Gasteiger partial charge in [0.15, 0.2) is 0 Å². The van der Waals surface area contributed by atoms with Crippen molar-refractivity contribution >= 4 is 49.2 Å². The average Bonchev–Trinajstić information content (AvgIpc) is 2.46. The summed E-state index contributed by atoms with van der Waals surface area (Å²) in [5.41, 5.74) is 3.62. The van der Waals surface area contributed by atoms with Crippen LogP contribution in [0.5, 0.6) is 0 Å². The van der Waals surface area contributed by atoms with E-state index in [4.69, 9.17) is 0 Å². The largest absolute Gasteiger partial charge is 0.378 e. The minimum Gasteiger partial charge on any atom is -0.378 e. The van der Waals surface area contributed by atoms with Gasteiger partial charge >= 0.3 is 0 Å². The predicted octanol–water partition coefficient (Wildman–Crippen LogP) is 5.34. The molecule has 0 saturated heterocycles. The van der Waals surface area contributed by atoms with Gasteiger partial charge in [-0.3, -0.25) is 0 Å². The zero-order valence-electron chi connectivity index (χ0n) is 11.8. The summed E-state index contributed by atoms with van der Waals surface area (Å²) in [5.74, 6) is 0. The van der Waals surface area contributed by atoms with Crippen molar-refractivity contribution in [2.24, 2.45) is 0 Å². The summed E-state index contributed by atoms with van der Waals surface area (Å²) >= 11 is 7.01. The molecule has 0 spiro atoms. The fraction of sp³-hybridized carbons (Fsp3) is 0.118. The van der Waals surface area contributed by atoms with Crippen molar-refractivity contribution in [1.82, 2.24) is 0 Å². The summed E-state index contributed by atoms with van der Waals surface area (Å²) in [6, 6.07) is 16.2. The second-order valence-electron chi connectivity index (χ2n) is 4.75. The third-order valence-electron chi connectivity index (χ3n) is 3.07. The minimum atomic E-state index is 0.618. The quantitative estimate of drug-likeness (QED) is 0.508. The molecule has 2 aromatic rings. The van der Waals surface area contributed by atoms with E-state index < -0.39 is 0 Å². The lowest BCUT2D eigenvalue weighted by Crippen LogP contribution is -2.07. The van der Waals surface area contributed by atoms with Gasteiger partial charge in [0, 0.05) is 34.3 Å². The number of allylic oxidation sites excluding steroid dienone is 1. The van der Waals surface area contributed by atoms with Gasteiger partial charge in [0.2, 0.25) is 0 Å². The lowest BCUT2D eigenvalue weighted by Gasteiger charge is -2.12. The number of anilines is 1. The highest BCUT2D eigenvalue weighted by Gasteiger charge is 2.10. The van der Waals surface area contributed by atoms with Gasteiger partial charge < -0.3 is 4.90 Å². The fourth-order valence-electron chi connectivity index (χ4n) is 1.95. The molecular weight excluding hydrogens is 392 g/mol. The van der Waals surface area contributed by atoms with Gasteiger partial charge in [0.05, 0.1) is 11.6 Å². The summed E-state index contributed by atoms with van der Waals surface area (Å²) in [6.07, 6.45) is 1.89. The van der Waals surface area contributed by atoms with Crippen LogP contribution < -0.4 is 4.90 Å².